The number of aromatic nitrogens is 4. The topological polar surface area (TPSA) is 155 Å². The van der Waals surface area contributed by atoms with Crippen molar-refractivity contribution in [1.29, 1.82) is 0 Å². The summed E-state index contributed by atoms with van der Waals surface area (Å²) in [5, 5.41) is 12.7. The average Bonchev–Trinajstić information content (AvgIpc) is 3.55. The molecule has 2 N–H and O–H groups in total. The molecule has 0 spiro atoms. The van der Waals surface area contributed by atoms with Gasteiger partial charge in [0.2, 0.25) is 0 Å². The lowest BCUT2D eigenvalue weighted by Gasteiger charge is -2.44. The van der Waals surface area contributed by atoms with Crippen molar-refractivity contribution in [3.05, 3.63) is 53.5 Å². The van der Waals surface area contributed by atoms with Gasteiger partial charge in [-0.3, -0.25) is 19.4 Å². The van der Waals surface area contributed by atoms with E-state index in [9.17, 15) is 31.2 Å². The second-order valence-electron chi connectivity index (χ2n) is 12.4. The van der Waals surface area contributed by atoms with Crippen molar-refractivity contribution in [3.8, 4) is 5.69 Å². The van der Waals surface area contributed by atoms with Gasteiger partial charge in [0.1, 0.15) is 0 Å². The SMILES string of the molecule is C[C@@H]1CN(c2ccc(-n3cc(C(=O)NCCCN4CCOCC4)nn3)cc2NC(=O)c2cnc(S(C)(=O)=O)cc2C(F)(F)F)C[C@H](C)N1C. The largest absolute Gasteiger partial charge is 0.417 e. The highest BCUT2D eigenvalue weighted by atomic mass is 32.2. The van der Waals surface area contributed by atoms with Gasteiger partial charge >= 0.3 is 6.18 Å². The van der Waals surface area contributed by atoms with Crippen LogP contribution in [0.25, 0.3) is 5.69 Å². The number of piperazine rings is 1. The predicted molar refractivity (Wildman–Crippen MR) is 175 cm³/mol. The molecule has 0 radical (unpaired) electrons. The second-order valence-corrected chi connectivity index (χ2v) is 14.3. The Bertz CT molecular complexity index is 1770. The lowest BCUT2D eigenvalue weighted by atomic mass is 10.1. The van der Waals surface area contributed by atoms with Gasteiger partial charge in [0.05, 0.1) is 47.6 Å². The Hall–Kier alpha value is -4.13. The summed E-state index contributed by atoms with van der Waals surface area (Å²) in [5.74, 6) is -1.55. The Morgan fingerprint density at radius 3 is 2.41 bits per heavy atom. The highest BCUT2D eigenvalue weighted by Crippen LogP contribution is 2.35. The third-order valence-corrected chi connectivity index (χ3v) is 9.75. The number of carbonyl (C=O) groups is 2. The van der Waals surface area contributed by atoms with E-state index in [-0.39, 0.29) is 23.5 Å². The molecule has 49 heavy (non-hydrogen) atoms. The first-order chi connectivity index (χ1) is 23.1. The highest BCUT2D eigenvalue weighted by molar-refractivity contribution is 7.90. The van der Waals surface area contributed by atoms with E-state index >= 15 is 0 Å². The number of benzene rings is 1. The summed E-state index contributed by atoms with van der Waals surface area (Å²) in [6, 6.07) is 5.57. The summed E-state index contributed by atoms with van der Waals surface area (Å²) in [4.78, 5) is 36.4. The Morgan fingerprint density at radius 1 is 1.06 bits per heavy atom. The third-order valence-electron chi connectivity index (χ3n) is 8.77. The molecular weight excluding hydrogens is 667 g/mol. The summed E-state index contributed by atoms with van der Waals surface area (Å²) in [7, 11) is -2.07. The average molecular weight is 708 g/mol. The normalized spacial score (nSPS) is 19.5. The van der Waals surface area contributed by atoms with Crippen LogP contribution in [0.4, 0.5) is 24.5 Å². The van der Waals surface area contributed by atoms with E-state index in [4.69, 9.17) is 4.74 Å². The molecule has 2 aromatic heterocycles. The van der Waals surface area contributed by atoms with Crippen LogP contribution in [0.15, 0.2) is 41.7 Å². The number of hydrogen-bond acceptors (Lipinski definition) is 11. The van der Waals surface area contributed by atoms with Crippen LogP contribution in [0.5, 0.6) is 0 Å². The second kappa shape index (κ2) is 14.8. The minimum atomic E-state index is -5.04. The van der Waals surface area contributed by atoms with Crippen LogP contribution in [0.2, 0.25) is 0 Å². The van der Waals surface area contributed by atoms with E-state index in [0.29, 0.717) is 56.5 Å². The standard InChI is InChI=1S/C31H40F3N9O5S/c1-20-17-42(18-21(2)40(20)3)27-7-6-22(43-19-26(38-39-43)30(45)35-8-5-9-41-10-12-48-13-11-41)14-25(27)37-29(44)23-16-36-28(49(4,46)47)15-24(23)31(32,33)34/h6-7,14-16,19-21H,5,8-13,17-18H2,1-4H3,(H,35,45)(H,37,44)/t20-,21+. The Labute approximate surface area is 282 Å². The summed E-state index contributed by atoms with van der Waals surface area (Å²) in [5.41, 5.74) is -1.10. The molecule has 14 nitrogen and oxygen atoms in total. The first kappa shape index (κ1) is 36.2. The molecule has 266 valence electrons. The van der Waals surface area contributed by atoms with Crippen molar-refractivity contribution >= 4 is 33.0 Å². The van der Waals surface area contributed by atoms with Crippen molar-refractivity contribution in [2.24, 2.45) is 0 Å². The quantitative estimate of drug-likeness (QED) is 0.299. The molecule has 18 heteroatoms. The highest BCUT2D eigenvalue weighted by Gasteiger charge is 2.37. The molecule has 1 aromatic carbocycles. The van der Waals surface area contributed by atoms with Gasteiger partial charge < -0.3 is 20.3 Å². The van der Waals surface area contributed by atoms with Gasteiger partial charge in [0.25, 0.3) is 11.8 Å². The van der Waals surface area contributed by atoms with Crippen molar-refractivity contribution in [1.82, 2.24) is 35.1 Å². The monoisotopic (exact) mass is 707 g/mol. The van der Waals surface area contributed by atoms with Crippen LogP contribution >= 0.6 is 0 Å². The number of anilines is 2. The smallest absolute Gasteiger partial charge is 0.379 e. The van der Waals surface area contributed by atoms with Gasteiger partial charge in [-0.25, -0.2) is 18.1 Å². The first-order valence-corrected chi connectivity index (χ1v) is 17.7. The molecule has 0 saturated carbocycles. The number of nitrogens with one attached hydrogen (secondary N) is 2. The maximum absolute atomic E-state index is 14.1. The molecule has 2 aliphatic heterocycles. The molecule has 2 atom stereocenters. The number of nitrogens with zero attached hydrogens (tertiary/aromatic N) is 7. The molecule has 0 aliphatic carbocycles. The number of ether oxygens (including phenoxy) is 1. The number of carbonyl (C=O) groups excluding carboxylic acids is 2. The lowest BCUT2D eigenvalue weighted by Crippen LogP contribution is -2.55. The molecule has 3 aromatic rings. The molecular formula is C31H40F3N9O5S. The maximum Gasteiger partial charge on any atom is 0.417 e. The lowest BCUT2D eigenvalue weighted by molar-refractivity contribution is -0.138. The molecule has 0 unspecified atom stereocenters. The van der Waals surface area contributed by atoms with Gasteiger partial charge in [-0.2, -0.15) is 13.2 Å². The van der Waals surface area contributed by atoms with E-state index in [1.165, 1.54) is 16.9 Å². The minimum absolute atomic E-state index is 0.0645. The molecule has 0 bridgehead atoms. The fourth-order valence-corrected chi connectivity index (χ4v) is 6.38. The number of rotatable bonds is 10. The van der Waals surface area contributed by atoms with E-state index in [0.717, 1.165) is 32.3 Å². The van der Waals surface area contributed by atoms with Crippen LogP contribution in [0, 0.1) is 0 Å². The van der Waals surface area contributed by atoms with Crippen molar-refractivity contribution in [2.45, 2.75) is 43.6 Å². The van der Waals surface area contributed by atoms with Crippen LogP contribution in [-0.2, 0) is 20.8 Å². The fraction of sp³-hybridized carbons (Fsp3) is 0.516. The van der Waals surface area contributed by atoms with Crippen molar-refractivity contribution < 1.29 is 35.9 Å². The number of amides is 2. The van der Waals surface area contributed by atoms with Crippen LogP contribution in [-0.4, -0.2) is 128 Å². The molecule has 2 fully saturated rings. The minimum Gasteiger partial charge on any atom is -0.379 e. The zero-order valence-corrected chi connectivity index (χ0v) is 28.5. The summed E-state index contributed by atoms with van der Waals surface area (Å²) >= 11 is 0. The fourth-order valence-electron chi connectivity index (χ4n) is 5.80. The number of likely N-dealkylation sites (N-methyl/N-ethyl adjacent to an activating group) is 1. The summed E-state index contributed by atoms with van der Waals surface area (Å²) < 4.78 is 72.8. The Kier molecular flexibility index (Phi) is 10.9. The van der Waals surface area contributed by atoms with Crippen LogP contribution < -0.4 is 15.5 Å². The van der Waals surface area contributed by atoms with E-state index in [1.54, 1.807) is 12.1 Å². The number of morpholine rings is 1. The van der Waals surface area contributed by atoms with Crippen molar-refractivity contribution in [2.75, 3.05) is 76.0 Å². The predicted octanol–water partition coefficient (Wildman–Crippen LogP) is 2.32. The van der Waals surface area contributed by atoms with Crippen LogP contribution in [0.1, 0.15) is 46.7 Å². The Morgan fingerprint density at radius 2 is 1.76 bits per heavy atom. The molecule has 2 aliphatic rings. The first-order valence-electron chi connectivity index (χ1n) is 15.8. The Balaban J connectivity index is 1.40. The van der Waals surface area contributed by atoms with Crippen molar-refractivity contribution in [3.63, 3.8) is 0 Å². The van der Waals surface area contributed by atoms with E-state index < -0.39 is 44.0 Å². The van der Waals surface area contributed by atoms with Gasteiger partial charge in [0.15, 0.2) is 20.6 Å². The summed E-state index contributed by atoms with van der Waals surface area (Å²) in [6.07, 6.45) is -1.52. The number of sulfone groups is 1. The van der Waals surface area contributed by atoms with E-state index in [1.807, 2.05) is 25.8 Å². The molecule has 5 rings (SSSR count). The van der Waals surface area contributed by atoms with E-state index in [2.05, 4.69) is 35.7 Å². The maximum atomic E-state index is 14.1. The van der Waals surface area contributed by atoms with Gasteiger partial charge in [-0.1, -0.05) is 5.21 Å². The number of pyridine rings is 1. The van der Waals surface area contributed by atoms with Gasteiger partial charge in [-0.15, -0.1) is 5.10 Å². The molecule has 2 saturated heterocycles. The zero-order chi connectivity index (χ0) is 35.5. The summed E-state index contributed by atoms with van der Waals surface area (Å²) in [6.45, 7) is 9.59. The van der Waals surface area contributed by atoms with Gasteiger partial charge in [-0.05, 0) is 58.1 Å². The zero-order valence-electron chi connectivity index (χ0n) is 27.7. The van der Waals surface area contributed by atoms with Crippen LogP contribution in [0.3, 0.4) is 0 Å². The van der Waals surface area contributed by atoms with Gasteiger partial charge in [0, 0.05) is 57.3 Å². The molecule has 4 heterocycles. The molecule has 2 amide bonds. The third kappa shape index (κ3) is 8.73. The number of halogens is 3. The number of alkyl halides is 3. The number of hydrogen-bond donors (Lipinski definition) is 2.